The van der Waals surface area contributed by atoms with Crippen LogP contribution in [0.3, 0.4) is 0 Å². The predicted molar refractivity (Wildman–Crippen MR) is 198 cm³/mol. The van der Waals surface area contributed by atoms with Crippen molar-refractivity contribution in [2.24, 2.45) is 0 Å². The van der Waals surface area contributed by atoms with E-state index in [-0.39, 0.29) is 49.6 Å². The molecule has 12 heteroatoms. The molecule has 2 fully saturated rings. The number of aliphatic hydroxyl groups excluding tert-OH is 2. The first-order valence-electron chi connectivity index (χ1n) is 17.5. The topological polar surface area (TPSA) is 165 Å². The normalized spacial score (nSPS) is 19.6. The number of anilines is 2. The number of carbonyl (C=O) groups excluding carboxylic acids is 4. The third-order valence-electron chi connectivity index (χ3n) is 9.56. The molecule has 0 unspecified atom stereocenters. The van der Waals surface area contributed by atoms with Crippen LogP contribution in [0.4, 0.5) is 11.4 Å². The van der Waals surface area contributed by atoms with Gasteiger partial charge >= 0.3 is 0 Å². The van der Waals surface area contributed by atoms with E-state index in [2.05, 4.69) is 15.6 Å². The minimum absolute atomic E-state index is 0.0575. The minimum Gasteiger partial charge on any atom is -0.436 e. The maximum atomic E-state index is 13.0. The Balaban J connectivity index is 0.916. The summed E-state index contributed by atoms with van der Waals surface area (Å²) in [5, 5.41) is 26.3. The molecule has 2 aliphatic rings. The van der Waals surface area contributed by atoms with E-state index in [1.807, 2.05) is 12.1 Å². The van der Waals surface area contributed by atoms with Crippen LogP contribution < -0.4 is 10.6 Å². The molecular weight excluding hydrogens is 674 g/mol. The van der Waals surface area contributed by atoms with Crippen LogP contribution in [-0.4, -0.2) is 86.0 Å². The molecule has 4 atom stereocenters. The van der Waals surface area contributed by atoms with Crippen LogP contribution in [0.1, 0.15) is 46.4 Å². The summed E-state index contributed by atoms with van der Waals surface area (Å²) in [6.45, 7) is 0.372. The lowest BCUT2D eigenvalue weighted by Crippen LogP contribution is -2.38. The molecule has 5 aromatic rings. The second-order valence-electron chi connectivity index (χ2n) is 13.4. The zero-order valence-electron chi connectivity index (χ0n) is 28.8. The Kier molecular flexibility index (Phi) is 10.4. The monoisotopic (exact) mass is 713 g/mol. The second kappa shape index (κ2) is 15.6. The highest BCUT2D eigenvalue weighted by atomic mass is 16.4. The summed E-state index contributed by atoms with van der Waals surface area (Å²) >= 11 is 0. The van der Waals surface area contributed by atoms with Crippen molar-refractivity contribution in [3.05, 3.63) is 127 Å². The fourth-order valence-corrected chi connectivity index (χ4v) is 6.97. The average Bonchev–Trinajstić information content (AvgIpc) is 3.90. The van der Waals surface area contributed by atoms with Crippen LogP contribution >= 0.6 is 0 Å². The highest BCUT2D eigenvalue weighted by molar-refractivity contribution is 5.97. The fraction of sp³-hybridized carbons (Fsp3) is 0.244. The first-order chi connectivity index (χ1) is 25.7. The second-order valence-corrected chi connectivity index (χ2v) is 13.4. The average molecular weight is 714 g/mol. The molecule has 12 nitrogen and oxygen atoms in total. The highest BCUT2D eigenvalue weighted by Gasteiger charge is 2.37. The van der Waals surface area contributed by atoms with Gasteiger partial charge in [0.2, 0.25) is 17.7 Å². The van der Waals surface area contributed by atoms with Gasteiger partial charge in [-0.2, -0.15) is 0 Å². The molecule has 4 N–H and O–H groups in total. The number of aliphatic hydroxyl groups is 2. The van der Waals surface area contributed by atoms with Crippen molar-refractivity contribution in [1.82, 2.24) is 14.8 Å². The van der Waals surface area contributed by atoms with Gasteiger partial charge in [-0.15, -0.1) is 0 Å². The molecule has 0 spiro atoms. The van der Waals surface area contributed by atoms with Crippen LogP contribution in [0.15, 0.2) is 120 Å². The van der Waals surface area contributed by atoms with Crippen molar-refractivity contribution < 1.29 is 33.8 Å². The Morgan fingerprint density at radius 3 is 1.51 bits per heavy atom. The van der Waals surface area contributed by atoms with E-state index in [1.54, 1.807) is 113 Å². The summed E-state index contributed by atoms with van der Waals surface area (Å²) in [5.41, 5.74) is 3.64. The fourth-order valence-electron chi connectivity index (χ4n) is 6.97. The molecule has 0 saturated carbocycles. The van der Waals surface area contributed by atoms with Crippen molar-refractivity contribution in [2.45, 2.75) is 50.0 Å². The van der Waals surface area contributed by atoms with E-state index in [4.69, 9.17) is 4.42 Å². The summed E-state index contributed by atoms with van der Waals surface area (Å²) < 4.78 is 6.03. The molecule has 3 heterocycles. The molecule has 7 rings (SSSR count). The first kappa shape index (κ1) is 35.3. The number of aromatic nitrogens is 1. The summed E-state index contributed by atoms with van der Waals surface area (Å²) in [6.07, 6.45) is 1.03. The lowest BCUT2D eigenvalue weighted by Gasteiger charge is -2.24. The van der Waals surface area contributed by atoms with Gasteiger partial charge in [0.15, 0.2) is 5.76 Å². The van der Waals surface area contributed by atoms with Crippen molar-refractivity contribution in [2.75, 3.05) is 23.7 Å². The van der Waals surface area contributed by atoms with Gasteiger partial charge in [0, 0.05) is 71.6 Å². The van der Waals surface area contributed by atoms with Crippen molar-refractivity contribution >= 4 is 35.0 Å². The van der Waals surface area contributed by atoms with Crippen molar-refractivity contribution in [3.63, 3.8) is 0 Å². The smallest absolute Gasteiger partial charge is 0.254 e. The number of nitrogens with zero attached hydrogens (tertiary/aromatic N) is 3. The number of hydrogen-bond donors (Lipinski definition) is 4. The first-order valence-corrected chi connectivity index (χ1v) is 17.5. The zero-order valence-corrected chi connectivity index (χ0v) is 28.8. The number of benzene rings is 4. The van der Waals surface area contributed by atoms with Crippen LogP contribution in [0, 0.1) is 0 Å². The lowest BCUT2D eigenvalue weighted by atomic mass is 10.1. The molecule has 53 heavy (non-hydrogen) atoms. The Labute approximate surface area is 306 Å². The van der Waals surface area contributed by atoms with Crippen molar-refractivity contribution in [3.8, 4) is 22.8 Å². The zero-order chi connectivity index (χ0) is 36.9. The third-order valence-corrected chi connectivity index (χ3v) is 9.56. The number of rotatable bonds is 10. The molecule has 0 radical (unpaired) electrons. The molecule has 270 valence electrons. The number of likely N-dealkylation sites (tertiary alicyclic amines) is 2. The van der Waals surface area contributed by atoms with Gasteiger partial charge in [0.05, 0.1) is 18.4 Å². The van der Waals surface area contributed by atoms with Crippen molar-refractivity contribution in [1.29, 1.82) is 0 Å². The number of carbonyl (C=O) groups is 4. The Morgan fingerprint density at radius 1 is 0.623 bits per heavy atom. The van der Waals surface area contributed by atoms with E-state index in [9.17, 15) is 29.4 Å². The maximum absolute atomic E-state index is 13.0. The van der Waals surface area contributed by atoms with Crippen LogP contribution in [0.25, 0.3) is 22.8 Å². The molecule has 4 aromatic carbocycles. The van der Waals surface area contributed by atoms with Gasteiger partial charge in [0.25, 0.3) is 11.8 Å². The molecule has 4 amide bonds. The minimum atomic E-state index is -0.682. The van der Waals surface area contributed by atoms with Crippen LogP contribution in [0.2, 0.25) is 0 Å². The summed E-state index contributed by atoms with van der Waals surface area (Å²) in [4.78, 5) is 59.5. The molecule has 0 aliphatic carbocycles. The standard InChI is InChI=1S/C41H39N5O7/c47-34-19-32(45(24-34)40(51)28-7-3-1-4-8-28)21-37(49)43-30-15-11-26(12-16-30)36-23-42-39(53-36)27-13-17-31(18-14-27)44-38(50)22-33-20-35(48)25-46(33)41(52)29-9-5-2-6-10-29/h1-18,23,32-35,47-48H,19-22,24-25H2,(H,43,49)(H,44,50)/t32-,33-,34+,35+/m0/s1. The number of oxazole rings is 1. The largest absolute Gasteiger partial charge is 0.436 e. The van der Waals surface area contributed by atoms with E-state index < -0.39 is 24.3 Å². The van der Waals surface area contributed by atoms with Gasteiger partial charge in [-0.1, -0.05) is 36.4 Å². The number of hydrogen-bond acceptors (Lipinski definition) is 8. The van der Waals surface area contributed by atoms with Gasteiger partial charge in [-0.3, -0.25) is 19.2 Å². The van der Waals surface area contributed by atoms with E-state index >= 15 is 0 Å². The number of nitrogens with one attached hydrogen (secondary N) is 2. The lowest BCUT2D eigenvalue weighted by molar-refractivity contribution is -0.117. The predicted octanol–water partition coefficient (Wildman–Crippen LogP) is 5.22. The molecular formula is C41H39N5O7. The molecule has 0 bridgehead atoms. The Hall–Kier alpha value is -6.11. The summed E-state index contributed by atoms with van der Waals surface area (Å²) in [7, 11) is 0. The van der Waals surface area contributed by atoms with E-state index in [1.165, 1.54) is 0 Å². The highest BCUT2D eigenvalue weighted by Crippen LogP contribution is 2.29. The summed E-state index contributed by atoms with van der Waals surface area (Å²) in [5.74, 6) is -0.0288. The van der Waals surface area contributed by atoms with Gasteiger partial charge in [-0.05, 0) is 85.6 Å². The van der Waals surface area contributed by atoms with E-state index in [0.29, 0.717) is 52.6 Å². The van der Waals surface area contributed by atoms with Gasteiger partial charge in [-0.25, -0.2) is 4.98 Å². The molecule has 1 aromatic heterocycles. The van der Waals surface area contributed by atoms with Crippen LogP contribution in [-0.2, 0) is 9.59 Å². The van der Waals surface area contributed by atoms with Crippen LogP contribution in [0.5, 0.6) is 0 Å². The molecule has 2 aliphatic heterocycles. The van der Waals surface area contributed by atoms with E-state index in [0.717, 1.165) is 5.56 Å². The third kappa shape index (κ3) is 8.35. The Bertz CT molecular complexity index is 1920. The SMILES string of the molecule is O=C(C[C@@H]1C[C@@H](O)CN1C(=O)c1ccccc1)Nc1ccc(-c2cnc(-c3ccc(NC(=O)C[C@@H]4C[C@@H](O)CN4C(=O)c4ccccc4)cc3)o2)cc1. The summed E-state index contributed by atoms with van der Waals surface area (Å²) in [6, 6.07) is 31.0. The Morgan fingerprint density at radius 2 is 1.06 bits per heavy atom. The number of amides is 4. The molecule has 2 saturated heterocycles. The quantitative estimate of drug-likeness (QED) is 0.153. The van der Waals surface area contributed by atoms with Gasteiger partial charge in [0.1, 0.15) is 0 Å². The maximum Gasteiger partial charge on any atom is 0.254 e. The van der Waals surface area contributed by atoms with Gasteiger partial charge < -0.3 is 35.1 Å². The number of β-amino-alcohol motifs (C(OH)–C–C–N with tert-alkyl or cyclic N) is 2.